The molecule has 0 aliphatic carbocycles. The number of carbonyl (C=O) groups is 1. The van der Waals surface area contributed by atoms with Gasteiger partial charge in [-0.1, -0.05) is 15.9 Å². The van der Waals surface area contributed by atoms with Crippen LogP contribution in [-0.4, -0.2) is 24.5 Å². The Labute approximate surface area is 129 Å². The lowest BCUT2D eigenvalue weighted by Crippen LogP contribution is -2.37. The molecule has 0 fully saturated rings. The first-order valence-electron chi connectivity index (χ1n) is 7.06. The number of Topliss-reactive ketones (excluding diaryl/α,β-unsaturated/α-hetero) is 1. The molecule has 1 aliphatic rings. The summed E-state index contributed by atoms with van der Waals surface area (Å²) in [6, 6.07) is 4.08. The highest BCUT2D eigenvalue weighted by atomic mass is 79.9. The van der Waals surface area contributed by atoms with E-state index < -0.39 is 0 Å². The van der Waals surface area contributed by atoms with Crippen molar-refractivity contribution in [3.05, 3.63) is 27.7 Å². The molecule has 0 spiro atoms. The van der Waals surface area contributed by atoms with Gasteiger partial charge in [0.15, 0.2) is 0 Å². The molecule has 4 heteroatoms. The van der Waals surface area contributed by atoms with Gasteiger partial charge in [-0.3, -0.25) is 4.79 Å². The maximum atomic E-state index is 12.1. The van der Waals surface area contributed by atoms with Crippen LogP contribution in [0.25, 0.3) is 0 Å². The zero-order valence-corrected chi connectivity index (χ0v) is 14.0. The van der Waals surface area contributed by atoms with Gasteiger partial charge < -0.3 is 10.1 Å². The van der Waals surface area contributed by atoms with E-state index in [1.807, 2.05) is 6.07 Å². The lowest BCUT2D eigenvalue weighted by molar-refractivity contribution is -0.118. The van der Waals surface area contributed by atoms with Crippen molar-refractivity contribution >= 4 is 21.7 Å². The Morgan fingerprint density at radius 2 is 2.15 bits per heavy atom. The average Bonchev–Trinajstić information content (AvgIpc) is 2.74. The van der Waals surface area contributed by atoms with E-state index in [-0.39, 0.29) is 11.3 Å². The van der Waals surface area contributed by atoms with Crippen LogP contribution < -0.4 is 10.1 Å². The Balaban J connectivity index is 1.95. The summed E-state index contributed by atoms with van der Waals surface area (Å²) in [6.07, 6.45) is 1.94. The molecule has 110 valence electrons. The molecule has 0 unspecified atom stereocenters. The molecule has 2 rings (SSSR count). The zero-order chi connectivity index (χ0) is 14.8. The Morgan fingerprint density at radius 3 is 2.85 bits per heavy atom. The molecule has 0 amide bonds. The topological polar surface area (TPSA) is 38.3 Å². The van der Waals surface area contributed by atoms with Gasteiger partial charge in [-0.25, -0.2) is 0 Å². The fourth-order valence-corrected chi connectivity index (χ4v) is 2.91. The van der Waals surface area contributed by atoms with Crippen LogP contribution in [0.2, 0.25) is 0 Å². The van der Waals surface area contributed by atoms with Crippen molar-refractivity contribution in [2.75, 3.05) is 13.2 Å². The number of halogens is 1. The summed E-state index contributed by atoms with van der Waals surface area (Å²) in [6.45, 7) is 7.75. The van der Waals surface area contributed by atoms with Crippen LogP contribution in [0.1, 0.15) is 38.3 Å². The van der Waals surface area contributed by atoms with E-state index >= 15 is 0 Å². The summed E-state index contributed by atoms with van der Waals surface area (Å²) < 4.78 is 6.68. The molecule has 0 radical (unpaired) electrons. The van der Waals surface area contributed by atoms with Crippen molar-refractivity contribution < 1.29 is 9.53 Å². The smallest absolute Gasteiger partial charge is 0.138 e. The van der Waals surface area contributed by atoms with Crippen LogP contribution in [0.5, 0.6) is 5.75 Å². The molecule has 1 aliphatic heterocycles. The quantitative estimate of drug-likeness (QED) is 0.894. The third kappa shape index (κ3) is 4.32. The number of rotatable bonds is 5. The van der Waals surface area contributed by atoms with E-state index in [0.29, 0.717) is 12.8 Å². The number of benzene rings is 1. The lowest BCUT2D eigenvalue weighted by atomic mass is 10.0. The maximum Gasteiger partial charge on any atom is 0.138 e. The van der Waals surface area contributed by atoms with E-state index in [4.69, 9.17) is 4.74 Å². The van der Waals surface area contributed by atoms with Gasteiger partial charge in [-0.05, 0) is 38.5 Å². The predicted molar refractivity (Wildman–Crippen MR) is 84.4 cm³/mol. The fraction of sp³-hybridized carbons (Fsp3) is 0.562. The van der Waals surface area contributed by atoms with Crippen LogP contribution >= 0.6 is 15.9 Å². The monoisotopic (exact) mass is 339 g/mol. The van der Waals surface area contributed by atoms with Gasteiger partial charge in [0.2, 0.25) is 0 Å². The molecule has 20 heavy (non-hydrogen) atoms. The van der Waals surface area contributed by atoms with Gasteiger partial charge in [0.25, 0.3) is 0 Å². The molecule has 1 aromatic carbocycles. The summed E-state index contributed by atoms with van der Waals surface area (Å²) in [5.74, 6) is 1.17. The number of fused-ring (bicyclic) bond motifs is 1. The van der Waals surface area contributed by atoms with Crippen molar-refractivity contribution in [2.24, 2.45) is 0 Å². The standard InChI is InChI=1S/C16H22BrNO2/c1-16(2,3)18-6-4-14(19)10-12-9-13(17)8-11-5-7-20-15(11)12/h8-9,18H,4-7,10H2,1-3H3. The van der Waals surface area contributed by atoms with Crippen molar-refractivity contribution in [1.82, 2.24) is 5.32 Å². The zero-order valence-electron chi connectivity index (χ0n) is 12.4. The first-order chi connectivity index (χ1) is 9.35. The molecule has 1 N–H and O–H groups in total. The summed E-state index contributed by atoms with van der Waals surface area (Å²) >= 11 is 3.51. The highest BCUT2D eigenvalue weighted by Crippen LogP contribution is 2.33. The number of ketones is 1. The molecule has 1 heterocycles. The number of nitrogens with one attached hydrogen (secondary N) is 1. The molecule has 0 bridgehead atoms. The summed E-state index contributed by atoms with van der Waals surface area (Å²) in [5.41, 5.74) is 2.27. The second kappa shape index (κ2) is 6.27. The minimum absolute atomic E-state index is 0.0560. The minimum atomic E-state index is 0.0560. The van der Waals surface area contributed by atoms with E-state index in [9.17, 15) is 4.79 Å². The van der Waals surface area contributed by atoms with Crippen LogP contribution in [-0.2, 0) is 17.6 Å². The van der Waals surface area contributed by atoms with Crippen molar-refractivity contribution in [2.45, 2.75) is 45.6 Å². The molecular formula is C16H22BrNO2. The van der Waals surface area contributed by atoms with Crippen LogP contribution in [0.3, 0.4) is 0 Å². The Kier molecular flexibility index (Phi) is 4.86. The first-order valence-corrected chi connectivity index (χ1v) is 7.85. The second-order valence-electron chi connectivity index (χ2n) is 6.29. The molecular weight excluding hydrogens is 318 g/mol. The first kappa shape index (κ1) is 15.5. The molecule has 1 aromatic rings. The molecule has 0 atom stereocenters. The number of hydrogen-bond acceptors (Lipinski definition) is 3. The third-order valence-electron chi connectivity index (χ3n) is 3.27. The molecule has 3 nitrogen and oxygen atoms in total. The van der Waals surface area contributed by atoms with Gasteiger partial charge in [0.1, 0.15) is 11.5 Å². The Morgan fingerprint density at radius 1 is 1.40 bits per heavy atom. The Bertz CT molecular complexity index is 506. The van der Waals surface area contributed by atoms with Gasteiger partial charge in [0.05, 0.1) is 6.61 Å². The van der Waals surface area contributed by atoms with E-state index in [2.05, 4.69) is 48.1 Å². The van der Waals surface area contributed by atoms with Crippen LogP contribution in [0.4, 0.5) is 0 Å². The van der Waals surface area contributed by atoms with Crippen molar-refractivity contribution in [3.8, 4) is 5.75 Å². The van der Waals surface area contributed by atoms with Gasteiger partial charge >= 0.3 is 0 Å². The van der Waals surface area contributed by atoms with Crippen LogP contribution in [0, 0.1) is 0 Å². The number of carbonyl (C=O) groups excluding carboxylic acids is 1. The number of ether oxygens (including phenoxy) is 1. The minimum Gasteiger partial charge on any atom is -0.493 e. The van der Waals surface area contributed by atoms with E-state index in [0.717, 1.165) is 35.4 Å². The van der Waals surface area contributed by atoms with E-state index in [1.54, 1.807) is 0 Å². The SMILES string of the molecule is CC(C)(C)NCCC(=O)Cc1cc(Br)cc2c1OCC2. The average molecular weight is 340 g/mol. The van der Waals surface area contributed by atoms with Gasteiger partial charge in [0, 0.05) is 41.4 Å². The molecule has 0 saturated carbocycles. The molecule has 0 aromatic heterocycles. The summed E-state index contributed by atoms with van der Waals surface area (Å²) in [5, 5.41) is 3.34. The van der Waals surface area contributed by atoms with Crippen molar-refractivity contribution in [1.29, 1.82) is 0 Å². The summed E-state index contributed by atoms with van der Waals surface area (Å²) in [7, 11) is 0. The highest BCUT2D eigenvalue weighted by molar-refractivity contribution is 9.10. The normalized spacial score (nSPS) is 14.0. The fourth-order valence-electron chi connectivity index (χ4n) is 2.36. The molecule has 0 saturated heterocycles. The predicted octanol–water partition coefficient (Wildman–Crippen LogP) is 3.27. The lowest BCUT2D eigenvalue weighted by Gasteiger charge is -2.20. The second-order valence-corrected chi connectivity index (χ2v) is 7.21. The maximum absolute atomic E-state index is 12.1. The van der Waals surface area contributed by atoms with E-state index in [1.165, 1.54) is 5.56 Å². The highest BCUT2D eigenvalue weighted by Gasteiger charge is 2.19. The number of hydrogen-bond donors (Lipinski definition) is 1. The van der Waals surface area contributed by atoms with Gasteiger partial charge in [-0.2, -0.15) is 0 Å². The van der Waals surface area contributed by atoms with Gasteiger partial charge in [-0.15, -0.1) is 0 Å². The van der Waals surface area contributed by atoms with Crippen LogP contribution in [0.15, 0.2) is 16.6 Å². The van der Waals surface area contributed by atoms with Crippen molar-refractivity contribution in [3.63, 3.8) is 0 Å². The third-order valence-corrected chi connectivity index (χ3v) is 3.73. The summed E-state index contributed by atoms with van der Waals surface area (Å²) in [4.78, 5) is 12.1. The largest absolute Gasteiger partial charge is 0.493 e. The Hall–Kier alpha value is -0.870.